The molecule has 2 aromatic rings. The third kappa shape index (κ3) is 5.26. The van der Waals surface area contributed by atoms with Crippen LogP contribution in [0, 0.1) is 0 Å². The maximum Gasteiger partial charge on any atom is 0.341 e. The lowest BCUT2D eigenvalue weighted by molar-refractivity contribution is -0.124. The molecular formula is C16H15ClN2O3S. The van der Waals surface area contributed by atoms with Crippen molar-refractivity contribution in [3.8, 4) is 0 Å². The number of nitrogens with one attached hydrogen (secondary N) is 1. The molecule has 1 aromatic heterocycles. The van der Waals surface area contributed by atoms with Crippen molar-refractivity contribution in [3.63, 3.8) is 0 Å². The zero-order valence-electron chi connectivity index (χ0n) is 12.4. The van der Waals surface area contributed by atoms with E-state index in [4.69, 9.17) is 16.3 Å². The number of amides is 1. The quantitative estimate of drug-likeness (QED) is 0.641. The Morgan fingerprint density at radius 2 is 2.00 bits per heavy atom. The van der Waals surface area contributed by atoms with Crippen molar-refractivity contribution < 1.29 is 14.3 Å². The van der Waals surface area contributed by atoms with Gasteiger partial charge in [0.05, 0.1) is 5.56 Å². The van der Waals surface area contributed by atoms with Gasteiger partial charge < -0.3 is 10.1 Å². The zero-order chi connectivity index (χ0) is 16.7. The third-order valence-corrected chi connectivity index (χ3v) is 3.89. The monoisotopic (exact) mass is 350 g/mol. The van der Waals surface area contributed by atoms with Crippen LogP contribution in [0.25, 0.3) is 0 Å². The van der Waals surface area contributed by atoms with E-state index in [1.165, 1.54) is 11.8 Å². The maximum atomic E-state index is 12.0. The van der Waals surface area contributed by atoms with Crippen molar-refractivity contribution in [3.05, 3.63) is 58.7 Å². The minimum atomic E-state index is -0.566. The normalized spacial score (nSPS) is 10.2. The van der Waals surface area contributed by atoms with Gasteiger partial charge in [0.15, 0.2) is 6.61 Å². The first kappa shape index (κ1) is 17.3. The molecule has 1 N–H and O–H groups in total. The Hall–Kier alpha value is -2.05. The van der Waals surface area contributed by atoms with Gasteiger partial charge in [-0.05, 0) is 36.1 Å². The fraction of sp³-hybridized carbons (Fsp3) is 0.188. The number of hydrogen-bond donors (Lipinski definition) is 1. The van der Waals surface area contributed by atoms with Crippen molar-refractivity contribution in [2.75, 3.05) is 12.9 Å². The molecule has 1 heterocycles. The molecule has 120 valence electrons. The summed E-state index contributed by atoms with van der Waals surface area (Å²) in [5, 5.41) is 3.88. The molecule has 2 rings (SSSR count). The fourth-order valence-corrected chi connectivity index (χ4v) is 2.44. The Morgan fingerprint density at radius 1 is 1.26 bits per heavy atom. The van der Waals surface area contributed by atoms with Gasteiger partial charge in [0.2, 0.25) is 0 Å². The predicted octanol–water partition coefficient (Wildman–Crippen LogP) is 2.93. The summed E-state index contributed by atoms with van der Waals surface area (Å²) >= 11 is 7.13. The second kappa shape index (κ2) is 8.55. The summed E-state index contributed by atoms with van der Waals surface area (Å²) in [6, 6.07) is 10.4. The minimum absolute atomic E-state index is 0.338. The average Bonchev–Trinajstić information content (AvgIpc) is 2.59. The number of halogens is 1. The highest BCUT2D eigenvalue weighted by Crippen LogP contribution is 2.17. The number of pyridine rings is 1. The van der Waals surface area contributed by atoms with Crippen molar-refractivity contribution in [2.45, 2.75) is 11.6 Å². The molecule has 0 saturated heterocycles. The molecule has 7 heteroatoms. The number of nitrogens with zero attached hydrogens (tertiary/aromatic N) is 1. The van der Waals surface area contributed by atoms with Crippen LogP contribution in [0.1, 0.15) is 15.9 Å². The number of rotatable bonds is 6. The van der Waals surface area contributed by atoms with Gasteiger partial charge in [-0.1, -0.05) is 23.7 Å². The smallest absolute Gasteiger partial charge is 0.341 e. The van der Waals surface area contributed by atoms with E-state index < -0.39 is 5.97 Å². The van der Waals surface area contributed by atoms with E-state index >= 15 is 0 Å². The van der Waals surface area contributed by atoms with E-state index in [9.17, 15) is 9.59 Å². The summed E-state index contributed by atoms with van der Waals surface area (Å²) in [5.74, 6) is -0.938. The molecule has 0 fully saturated rings. The third-order valence-electron chi connectivity index (χ3n) is 2.92. The number of thioether (sulfide) groups is 1. The number of carbonyl (C=O) groups is 2. The topological polar surface area (TPSA) is 68.3 Å². The minimum Gasteiger partial charge on any atom is -0.452 e. The van der Waals surface area contributed by atoms with Crippen LogP contribution in [0.3, 0.4) is 0 Å². The molecule has 5 nitrogen and oxygen atoms in total. The van der Waals surface area contributed by atoms with E-state index in [1.54, 1.807) is 30.5 Å². The second-order valence-corrected chi connectivity index (χ2v) is 5.77. The first-order valence-corrected chi connectivity index (χ1v) is 8.37. The maximum absolute atomic E-state index is 12.0. The van der Waals surface area contributed by atoms with Gasteiger partial charge in [0.25, 0.3) is 5.91 Å². The summed E-state index contributed by atoms with van der Waals surface area (Å²) < 4.78 is 5.01. The molecule has 0 spiro atoms. The van der Waals surface area contributed by atoms with Crippen LogP contribution in [-0.4, -0.2) is 29.7 Å². The van der Waals surface area contributed by atoms with Gasteiger partial charge in [0, 0.05) is 17.8 Å². The van der Waals surface area contributed by atoms with E-state index in [0.717, 1.165) is 5.56 Å². The summed E-state index contributed by atoms with van der Waals surface area (Å²) in [5.41, 5.74) is 1.26. The van der Waals surface area contributed by atoms with Crippen LogP contribution >= 0.6 is 23.4 Å². The van der Waals surface area contributed by atoms with Gasteiger partial charge in [-0.25, -0.2) is 9.78 Å². The highest BCUT2D eigenvalue weighted by molar-refractivity contribution is 7.98. The molecule has 0 saturated carbocycles. The second-order valence-electron chi connectivity index (χ2n) is 4.54. The molecule has 0 aliphatic carbocycles. The van der Waals surface area contributed by atoms with Crippen LogP contribution in [-0.2, 0) is 16.1 Å². The largest absolute Gasteiger partial charge is 0.452 e. The Morgan fingerprint density at radius 3 is 2.70 bits per heavy atom. The molecule has 0 bridgehead atoms. The molecule has 1 amide bonds. The highest BCUT2D eigenvalue weighted by Gasteiger charge is 2.14. The van der Waals surface area contributed by atoms with Gasteiger partial charge in [-0.2, -0.15) is 0 Å². The summed E-state index contributed by atoms with van der Waals surface area (Å²) in [6.45, 7) is 0.00560. The molecule has 0 atom stereocenters. The van der Waals surface area contributed by atoms with E-state index in [0.29, 0.717) is 22.2 Å². The molecule has 1 aromatic carbocycles. The van der Waals surface area contributed by atoms with Crippen LogP contribution in [0.2, 0.25) is 5.02 Å². The molecule has 0 aliphatic heterocycles. The molecule has 0 unspecified atom stereocenters. The number of aromatic nitrogens is 1. The van der Waals surface area contributed by atoms with Gasteiger partial charge >= 0.3 is 5.97 Å². The lowest BCUT2D eigenvalue weighted by Crippen LogP contribution is -2.28. The predicted molar refractivity (Wildman–Crippen MR) is 89.6 cm³/mol. The Balaban J connectivity index is 1.82. The van der Waals surface area contributed by atoms with Gasteiger partial charge in [-0.15, -0.1) is 11.8 Å². The van der Waals surface area contributed by atoms with Crippen LogP contribution in [0.4, 0.5) is 0 Å². The fourth-order valence-electron chi connectivity index (χ4n) is 1.77. The average molecular weight is 351 g/mol. The van der Waals surface area contributed by atoms with E-state index in [-0.39, 0.29) is 12.5 Å². The van der Waals surface area contributed by atoms with Crippen molar-refractivity contribution >= 4 is 35.2 Å². The summed E-state index contributed by atoms with van der Waals surface area (Å²) in [4.78, 5) is 27.8. The SMILES string of the molecule is CSc1ncccc1C(=O)OCC(=O)NCc1ccc(Cl)cc1. The first-order chi connectivity index (χ1) is 11.1. The molecule has 0 aliphatic rings. The summed E-state index contributed by atoms with van der Waals surface area (Å²) in [7, 11) is 0. The molecule has 23 heavy (non-hydrogen) atoms. The Kier molecular flexibility index (Phi) is 6.43. The number of hydrogen-bond acceptors (Lipinski definition) is 5. The van der Waals surface area contributed by atoms with Gasteiger partial charge in [-0.3, -0.25) is 4.79 Å². The van der Waals surface area contributed by atoms with E-state index in [1.807, 2.05) is 18.4 Å². The first-order valence-electron chi connectivity index (χ1n) is 6.77. The van der Waals surface area contributed by atoms with Crippen LogP contribution in [0.5, 0.6) is 0 Å². The van der Waals surface area contributed by atoms with Gasteiger partial charge in [0.1, 0.15) is 5.03 Å². The standard InChI is InChI=1S/C16H15ClN2O3S/c1-23-15-13(3-2-8-18-15)16(21)22-10-14(20)19-9-11-4-6-12(17)7-5-11/h2-8H,9-10H2,1H3,(H,19,20). The molecule has 0 radical (unpaired) electrons. The molecular weight excluding hydrogens is 336 g/mol. The van der Waals surface area contributed by atoms with Crippen molar-refractivity contribution in [2.24, 2.45) is 0 Å². The number of esters is 1. The number of ether oxygens (including phenoxy) is 1. The van der Waals surface area contributed by atoms with Crippen molar-refractivity contribution in [1.29, 1.82) is 0 Å². The van der Waals surface area contributed by atoms with Crippen LogP contribution in [0.15, 0.2) is 47.6 Å². The Labute approximate surface area is 143 Å². The highest BCUT2D eigenvalue weighted by atomic mass is 35.5. The lowest BCUT2D eigenvalue weighted by Gasteiger charge is -2.08. The lowest BCUT2D eigenvalue weighted by atomic mass is 10.2. The van der Waals surface area contributed by atoms with Crippen molar-refractivity contribution in [1.82, 2.24) is 10.3 Å². The summed E-state index contributed by atoms with van der Waals surface area (Å²) in [6.07, 6.45) is 3.42. The Bertz CT molecular complexity index is 692. The van der Waals surface area contributed by atoms with Crippen LogP contribution < -0.4 is 5.32 Å². The van der Waals surface area contributed by atoms with E-state index in [2.05, 4.69) is 10.3 Å². The number of carbonyl (C=O) groups excluding carboxylic acids is 2. The number of benzene rings is 1. The zero-order valence-corrected chi connectivity index (χ0v) is 14.0.